The van der Waals surface area contributed by atoms with Crippen LogP contribution in [0.15, 0.2) is 42.5 Å². The van der Waals surface area contributed by atoms with Gasteiger partial charge in [0.05, 0.1) is 0 Å². The summed E-state index contributed by atoms with van der Waals surface area (Å²) in [5.41, 5.74) is 5.09. The molecule has 0 radical (unpaired) electrons. The summed E-state index contributed by atoms with van der Waals surface area (Å²) in [6.45, 7) is 12.3. The fourth-order valence-corrected chi connectivity index (χ4v) is 2.32. The van der Waals surface area contributed by atoms with Crippen LogP contribution in [0.1, 0.15) is 43.0 Å². The highest BCUT2D eigenvalue weighted by molar-refractivity contribution is 5.41. The molecule has 0 aliphatic rings. The van der Waals surface area contributed by atoms with E-state index >= 15 is 0 Å². The molecule has 22 heavy (non-hydrogen) atoms. The van der Waals surface area contributed by atoms with Crippen LogP contribution in [-0.4, -0.2) is 5.54 Å². The maximum atomic E-state index is 6.02. The first-order chi connectivity index (χ1) is 10.3. The third-order valence-corrected chi connectivity index (χ3v) is 3.68. The molecule has 0 atom stereocenters. The van der Waals surface area contributed by atoms with Gasteiger partial charge in [-0.1, -0.05) is 36.4 Å². The molecule has 1 N–H and O–H groups in total. The van der Waals surface area contributed by atoms with Crippen molar-refractivity contribution in [3.8, 4) is 5.75 Å². The lowest BCUT2D eigenvalue weighted by molar-refractivity contribution is 0.303. The van der Waals surface area contributed by atoms with Crippen molar-refractivity contribution in [3.63, 3.8) is 0 Å². The third kappa shape index (κ3) is 4.88. The summed E-state index contributed by atoms with van der Waals surface area (Å²) in [7, 11) is 0. The Morgan fingerprint density at radius 3 is 2.27 bits per heavy atom. The first-order valence-corrected chi connectivity index (χ1v) is 7.87. The van der Waals surface area contributed by atoms with Crippen molar-refractivity contribution < 1.29 is 4.74 Å². The van der Waals surface area contributed by atoms with Crippen LogP contribution >= 0.6 is 0 Å². The Kier molecular flexibility index (Phi) is 5.25. The van der Waals surface area contributed by atoms with Crippen molar-refractivity contribution in [2.24, 2.45) is 0 Å². The smallest absolute Gasteiger partial charge is 0.123 e. The van der Waals surface area contributed by atoms with E-state index in [4.69, 9.17) is 4.74 Å². The predicted octanol–water partition coefficient (Wildman–Crippen LogP) is 4.77. The van der Waals surface area contributed by atoms with Gasteiger partial charge in [-0.2, -0.15) is 0 Å². The average molecular weight is 297 g/mol. The molecule has 0 saturated heterocycles. The molecule has 0 saturated carbocycles. The largest absolute Gasteiger partial charge is 0.489 e. The fraction of sp³-hybridized carbons (Fsp3) is 0.400. The number of hydrogen-bond donors (Lipinski definition) is 1. The second-order valence-electron chi connectivity index (χ2n) is 6.92. The Morgan fingerprint density at radius 2 is 1.64 bits per heavy atom. The van der Waals surface area contributed by atoms with Crippen molar-refractivity contribution in [1.82, 2.24) is 5.32 Å². The van der Waals surface area contributed by atoms with Crippen LogP contribution in [0.25, 0.3) is 0 Å². The number of ether oxygens (including phenoxy) is 1. The molecular formula is C20H27NO. The summed E-state index contributed by atoms with van der Waals surface area (Å²) >= 11 is 0. The second-order valence-corrected chi connectivity index (χ2v) is 6.92. The zero-order chi connectivity index (χ0) is 16.2. The maximum absolute atomic E-state index is 6.02. The molecule has 2 aromatic carbocycles. The molecular weight excluding hydrogens is 270 g/mol. The normalized spacial score (nSPS) is 11.5. The lowest BCUT2D eigenvalue weighted by Crippen LogP contribution is -2.35. The Balaban J connectivity index is 2.10. The molecule has 2 rings (SSSR count). The van der Waals surface area contributed by atoms with Crippen LogP contribution in [0, 0.1) is 13.8 Å². The molecule has 0 aliphatic carbocycles. The minimum Gasteiger partial charge on any atom is -0.489 e. The lowest BCUT2D eigenvalue weighted by atomic mass is 10.0. The molecule has 0 aliphatic heterocycles. The van der Waals surface area contributed by atoms with Crippen LogP contribution < -0.4 is 10.1 Å². The average Bonchev–Trinajstić information content (AvgIpc) is 2.45. The summed E-state index contributed by atoms with van der Waals surface area (Å²) in [6.07, 6.45) is 0. The van der Waals surface area contributed by atoms with Gasteiger partial charge in [0, 0.05) is 12.1 Å². The van der Waals surface area contributed by atoms with E-state index in [-0.39, 0.29) is 5.54 Å². The van der Waals surface area contributed by atoms with Crippen molar-refractivity contribution in [1.29, 1.82) is 0 Å². The van der Waals surface area contributed by atoms with Gasteiger partial charge in [0.15, 0.2) is 0 Å². The van der Waals surface area contributed by atoms with Crippen molar-refractivity contribution >= 4 is 0 Å². The topological polar surface area (TPSA) is 21.3 Å². The zero-order valence-electron chi connectivity index (χ0n) is 14.4. The summed E-state index contributed by atoms with van der Waals surface area (Å²) in [4.78, 5) is 0. The highest BCUT2D eigenvalue weighted by Gasteiger charge is 2.11. The van der Waals surface area contributed by atoms with E-state index < -0.39 is 0 Å². The molecule has 118 valence electrons. The Morgan fingerprint density at radius 1 is 0.955 bits per heavy atom. The Bertz CT molecular complexity index is 612. The molecule has 0 unspecified atom stereocenters. The molecule has 0 amide bonds. The monoisotopic (exact) mass is 297 g/mol. The van der Waals surface area contributed by atoms with Crippen molar-refractivity contribution in [2.75, 3.05) is 0 Å². The van der Waals surface area contributed by atoms with E-state index in [1.54, 1.807) is 0 Å². The lowest BCUT2D eigenvalue weighted by Gasteiger charge is -2.22. The highest BCUT2D eigenvalue weighted by atomic mass is 16.5. The number of aryl methyl sites for hydroxylation is 2. The van der Waals surface area contributed by atoms with E-state index in [0.717, 1.165) is 12.3 Å². The fourth-order valence-electron chi connectivity index (χ4n) is 2.32. The molecule has 0 bridgehead atoms. The van der Waals surface area contributed by atoms with Gasteiger partial charge in [0.2, 0.25) is 0 Å². The van der Waals surface area contributed by atoms with Gasteiger partial charge < -0.3 is 10.1 Å². The molecule has 0 fully saturated rings. The Labute approximate surface area is 134 Å². The SMILES string of the molecule is Cc1cc(C)c(OCc2ccccc2)cc1CNC(C)(C)C. The molecule has 0 spiro atoms. The van der Waals surface area contributed by atoms with E-state index in [1.807, 2.05) is 18.2 Å². The summed E-state index contributed by atoms with van der Waals surface area (Å²) in [6, 6.07) is 14.7. The van der Waals surface area contributed by atoms with Gasteiger partial charge in [-0.05, 0) is 62.9 Å². The van der Waals surface area contributed by atoms with E-state index in [9.17, 15) is 0 Å². The summed E-state index contributed by atoms with van der Waals surface area (Å²) in [5, 5.41) is 3.54. The molecule has 2 nitrogen and oxygen atoms in total. The standard InChI is InChI=1S/C20H27NO/c1-15-11-16(2)19(12-18(15)13-21-20(3,4)5)22-14-17-9-7-6-8-10-17/h6-12,21H,13-14H2,1-5H3. The highest BCUT2D eigenvalue weighted by Crippen LogP contribution is 2.24. The van der Waals surface area contributed by atoms with Crippen LogP contribution in [0.4, 0.5) is 0 Å². The van der Waals surface area contributed by atoms with Crippen LogP contribution in [0.5, 0.6) is 5.75 Å². The number of hydrogen-bond acceptors (Lipinski definition) is 2. The Hall–Kier alpha value is -1.80. The van der Waals surface area contributed by atoms with E-state index in [1.165, 1.54) is 22.3 Å². The van der Waals surface area contributed by atoms with Gasteiger partial charge in [0.1, 0.15) is 12.4 Å². The first-order valence-electron chi connectivity index (χ1n) is 7.87. The van der Waals surface area contributed by atoms with Crippen molar-refractivity contribution in [2.45, 2.75) is 53.3 Å². The predicted molar refractivity (Wildman–Crippen MR) is 93.3 cm³/mol. The van der Waals surface area contributed by atoms with Crippen molar-refractivity contribution in [3.05, 3.63) is 64.7 Å². The molecule has 0 aromatic heterocycles. The zero-order valence-corrected chi connectivity index (χ0v) is 14.4. The van der Waals surface area contributed by atoms with Gasteiger partial charge in [-0.3, -0.25) is 0 Å². The molecule has 0 heterocycles. The second kappa shape index (κ2) is 6.97. The van der Waals surface area contributed by atoms with Crippen LogP contribution in [0.3, 0.4) is 0 Å². The van der Waals surface area contributed by atoms with Gasteiger partial charge >= 0.3 is 0 Å². The molecule has 2 heteroatoms. The maximum Gasteiger partial charge on any atom is 0.123 e. The van der Waals surface area contributed by atoms with E-state index in [2.05, 4.69) is 64.2 Å². The van der Waals surface area contributed by atoms with E-state index in [0.29, 0.717) is 6.61 Å². The number of rotatable bonds is 5. The van der Waals surface area contributed by atoms with Gasteiger partial charge in [-0.25, -0.2) is 0 Å². The third-order valence-electron chi connectivity index (χ3n) is 3.68. The van der Waals surface area contributed by atoms with Gasteiger partial charge in [-0.15, -0.1) is 0 Å². The first kappa shape index (κ1) is 16.6. The minimum atomic E-state index is 0.113. The summed E-state index contributed by atoms with van der Waals surface area (Å²) in [5.74, 6) is 0.972. The molecule has 2 aromatic rings. The van der Waals surface area contributed by atoms with Gasteiger partial charge in [0.25, 0.3) is 0 Å². The quantitative estimate of drug-likeness (QED) is 0.858. The number of nitrogens with one attached hydrogen (secondary N) is 1. The number of benzene rings is 2. The minimum absolute atomic E-state index is 0.113. The summed E-state index contributed by atoms with van der Waals surface area (Å²) < 4.78 is 6.02. The van der Waals surface area contributed by atoms with Crippen LogP contribution in [-0.2, 0) is 13.2 Å². The van der Waals surface area contributed by atoms with Crippen LogP contribution in [0.2, 0.25) is 0 Å².